The van der Waals surface area contributed by atoms with Crippen LogP contribution in [0.2, 0.25) is 0 Å². The quantitative estimate of drug-likeness (QED) is 0.824. The van der Waals surface area contributed by atoms with E-state index in [1.54, 1.807) is 0 Å². The van der Waals surface area contributed by atoms with Crippen LogP contribution < -0.4 is 5.32 Å². The lowest BCUT2D eigenvalue weighted by Crippen LogP contribution is -2.33. The Morgan fingerprint density at radius 3 is 2.79 bits per heavy atom. The minimum atomic E-state index is 0.145. The number of nitrogens with zero attached hydrogens (tertiary/aromatic N) is 2. The van der Waals surface area contributed by atoms with Gasteiger partial charge in [0.05, 0.1) is 13.2 Å². The molecule has 2 N–H and O–H groups in total. The van der Waals surface area contributed by atoms with Crippen LogP contribution in [0.3, 0.4) is 0 Å². The molecule has 1 heterocycles. The molecule has 1 aliphatic carbocycles. The molecular formula is C14H17N3O2. The van der Waals surface area contributed by atoms with E-state index in [9.17, 15) is 5.11 Å². The highest BCUT2D eigenvalue weighted by Gasteiger charge is 2.30. The van der Waals surface area contributed by atoms with Gasteiger partial charge in [0, 0.05) is 11.6 Å². The molecule has 0 radical (unpaired) electrons. The maximum absolute atomic E-state index is 9.27. The van der Waals surface area contributed by atoms with E-state index in [0.29, 0.717) is 24.2 Å². The summed E-state index contributed by atoms with van der Waals surface area (Å²) in [5.74, 6) is 1.75. The molecule has 100 valence electrons. The number of aliphatic hydroxyl groups excluding tert-OH is 1. The van der Waals surface area contributed by atoms with E-state index in [1.807, 2.05) is 30.3 Å². The molecule has 0 saturated heterocycles. The first-order valence-electron chi connectivity index (χ1n) is 6.59. The molecule has 0 aliphatic heterocycles. The third-order valence-electron chi connectivity index (χ3n) is 3.40. The summed E-state index contributed by atoms with van der Waals surface area (Å²) < 4.78 is 5.21. The molecule has 19 heavy (non-hydrogen) atoms. The highest BCUT2D eigenvalue weighted by molar-refractivity contribution is 5.53. The van der Waals surface area contributed by atoms with E-state index < -0.39 is 0 Å². The van der Waals surface area contributed by atoms with E-state index in [0.717, 1.165) is 5.56 Å². The second kappa shape index (κ2) is 5.50. The van der Waals surface area contributed by atoms with E-state index in [-0.39, 0.29) is 12.6 Å². The largest absolute Gasteiger partial charge is 0.395 e. The zero-order chi connectivity index (χ0) is 13.1. The van der Waals surface area contributed by atoms with Crippen molar-refractivity contribution >= 4 is 0 Å². The molecule has 1 aromatic heterocycles. The zero-order valence-corrected chi connectivity index (χ0v) is 10.6. The number of aliphatic hydroxyl groups is 1. The Balaban J connectivity index is 1.62. The highest BCUT2D eigenvalue weighted by atomic mass is 16.5. The second-order valence-corrected chi connectivity index (χ2v) is 4.89. The lowest BCUT2D eigenvalue weighted by molar-refractivity contribution is 0.222. The predicted molar refractivity (Wildman–Crippen MR) is 70.2 cm³/mol. The van der Waals surface area contributed by atoms with Crippen LogP contribution in [0.5, 0.6) is 0 Å². The smallest absolute Gasteiger partial charge is 0.240 e. The third-order valence-corrected chi connectivity index (χ3v) is 3.40. The first-order chi connectivity index (χ1) is 9.36. The van der Waals surface area contributed by atoms with Crippen molar-refractivity contribution in [3.8, 4) is 11.4 Å². The van der Waals surface area contributed by atoms with Crippen LogP contribution in [0, 0.1) is 5.92 Å². The molecule has 0 spiro atoms. The molecule has 0 bridgehead atoms. The van der Waals surface area contributed by atoms with Crippen molar-refractivity contribution < 1.29 is 9.63 Å². The van der Waals surface area contributed by atoms with Crippen LogP contribution in [0.25, 0.3) is 11.4 Å². The van der Waals surface area contributed by atoms with E-state index in [4.69, 9.17) is 4.52 Å². The SMILES string of the molecule is OCC(NCc1nc(-c2ccccc2)no1)C1CC1. The number of benzene rings is 1. The number of hydrogen-bond donors (Lipinski definition) is 2. The van der Waals surface area contributed by atoms with Gasteiger partial charge in [0.25, 0.3) is 0 Å². The van der Waals surface area contributed by atoms with Crippen molar-refractivity contribution in [3.05, 3.63) is 36.2 Å². The minimum Gasteiger partial charge on any atom is -0.395 e. The summed E-state index contributed by atoms with van der Waals surface area (Å²) in [6, 6.07) is 9.88. The number of nitrogens with one attached hydrogen (secondary N) is 1. The van der Waals surface area contributed by atoms with E-state index in [1.165, 1.54) is 12.8 Å². The Kier molecular flexibility index (Phi) is 3.57. The predicted octanol–water partition coefficient (Wildman–Crippen LogP) is 1.60. The Morgan fingerprint density at radius 1 is 1.32 bits per heavy atom. The molecule has 2 aromatic rings. The van der Waals surface area contributed by atoms with Gasteiger partial charge < -0.3 is 14.9 Å². The van der Waals surface area contributed by atoms with Crippen molar-refractivity contribution in [2.24, 2.45) is 5.92 Å². The van der Waals surface area contributed by atoms with Crippen LogP contribution in [0.1, 0.15) is 18.7 Å². The number of hydrogen-bond acceptors (Lipinski definition) is 5. The van der Waals surface area contributed by atoms with Crippen LogP contribution in [0.4, 0.5) is 0 Å². The molecule has 1 aromatic carbocycles. The average molecular weight is 259 g/mol. The molecule has 1 saturated carbocycles. The van der Waals surface area contributed by atoms with Gasteiger partial charge in [0.1, 0.15) is 0 Å². The van der Waals surface area contributed by atoms with Gasteiger partial charge in [0.15, 0.2) is 0 Å². The lowest BCUT2D eigenvalue weighted by Gasteiger charge is -2.13. The highest BCUT2D eigenvalue weighted by Crippen LogP contribution is 2.32. The minimum absolute atomic E-state index is 0.145. The summed E-state index contributed by atoms with van der Waals surface area (Å²) in [5.41, 5.74) is 0.943. The fourth-order valence-electron chi connectivity index (χ4n) is 2.13. The van der Waals surface area contributed by atoms with Crippen molar-refractivity contribution in [3.63, 3.8) is 0 Å². The van der Waals surface area contributed by atoms with Gasteiger partial charge in [0.2, 0.25) is 11.7 Å². The van der Waals surface area contributed by atoms with Gasteiger partial charge in [-0.25, -0.2) is 0 Å². The van der Waals surface area contributed by atoms with Crippen LogP contribution >= 0.6 is 0 Å². The van der Waals surface area contributed by atoms with Gasteiger partial charge in [-0.3, -0.25) is 0 Å². The van der Waals surface area contributed by atoms with Gasteiger partial charge in [-0.1, -0.05) is 35.5 Å². The molecule has 5 heteroatoms. The summed E-state index contributed by atoms with van der Waals surface area (Å²) >= 11 is 0. The van der Waals surface area contributed by atoms with Gasteiger partial charge >= 0.3 is 0 Å². The van der Waals surface area contributed by atoms with Crippen LogP contribution in [0.15, 0.2) is 34.9 Å². The summed E-state index contributed by atoms with van der Waals surface area (Å²) in [5, 5.41) is 16.5. The Morgan fingerprint density at radius 2 is 2.11 bits per heavy atom. The fraction of sp³-hybridized carbons (Fsp3) is 0.429. The standard InChI is InChI=1S/C14H17N3O2/c18-9-12(10-6-7-10)15-8-13-16-14(17-19-13)11-4-2-1-3-5-11/h1-5,10,12,15,18H,6-9H2. The van der Waals surface area contributed by atoms with Gasteiger partial charge in [-0.15, -0.1) is 0 Å². The maximum atomic E-state index is 9.27. The van der Waals surface area contributed by atoms with Crippen molar-refractivity contribution in [2.75, 3.05) is 6.61 Å². The maximum Gasteiger partial charge on any atom is 0.240 e. The lowest BCUT2D eigenvalue weighted by atomic mass is 10.2. The zero-order valence-electron chi connectivity index (χ0n) is 10.6. The summed E-state index contributed by atoms with van der Waals surface area (Å²) in [4.78, 5) is 4.34. The van der Waals surface area contributed by atoms with Crippen molar-refractivity contribution in [1.82, 2.24) is 15.5 Å². The Labute approximate surface area is 111 Å². The summed E-state index contributed by atoms with van der Waals surface area (Å²) in [7, 11) is 0. The molecule has 1 atom stereocenters. The van der Waals surface area contributed by atoms with E-state index in [2.05, 4.69) is 15.5 Å². The molecule has 3 rings (SSSR count). The molecular weight excluding hydrogens is 242 g/mol. The summed E-state index contributed by atoms with van der Waals surface area (Å²) in [6.07, 6.45) is 2.38. The Hall–Kier alpha value is -1.72. The second-order valence-electron chi connectivity index (χ2n) is 4.89. The number of rotatable bonds is 6. The van der Waals surface area contributed by atoms with E-state index >= 15 is 0 Å². The third kappa shape index (κ3) is 3.00. The first kappa shape index (κ1) is 12.3. The van der Waals surface area contributed by atoms with Crippen molar-refractivity contribution in [2.45, 2.75) is 25.4 Å². The number of aromatic nitrogens is 2. The van der Waals surface area contributed by atoms with Crippen molar-refractivity contribution in [1.29, 1.82) is 0 Å². The molecule has 1 unspecified atom stereocenters. The monoisotopic (exact) mass is 259 g/mol. The average Bonchev–Trinajstić information content (AvgIpc) is 3.18. The molecule has 1 aliphatic rings. The molecule has 0 amide bonds. The van der Waals surface area contributed by atoms with Crippen LogP contribution in [-0.4, -0.2) is 27.9 Å². The van der Waals surface area contributed by atoms with Gasteiger partial charge in [-0.05, 0) is 18.8 Å². The normalized spacial score (nSPS) is 16.5. The topological polar surface area (TPSA) is 71.2 Å². The van der Waals surface area contributed by atoms with Crippen LogP contribution in [-0.2, 0) is 6.54 Å². The Bertz CT molecular complexity index is 522. The first-order valence-corrected chi connectivity index (χ1v) is 6.59. The van der Waals surface area contributed by atoms with Gasteiger partial charge in [-0.2, -0.15) is 4.98 Å². The summed E-state index contributed by atoms with van der Waals surface area (Å²) in [6.45, 7) is 0.659. The molecule has 5 nitrogen and oxygen atoms in total. The fourth-order valence-corrected chi connectivity index (χ4v) is 2.13. The molecule has 1 fully saturated rings.